The van der Waals surface area contributed by atoms with Gasteiger partial charge in [0.05, 0.1) is 0 Å². The zero-order valence-electron chi connectivity index (χ0n) is 15.3. The maximum atomic E-state index is 5.61. The Hall–Kier alpha value is -0.820. The lowest BCUT2D eigenvalue weighted by molar-refractivity contribution is 0.0512. The molecule has 4 nitrogen and oxygen atoms in total. The Morgan fingerprint density at radius 1 is 1.25 bits per heavy atom. The molecule has 2 rings (SSSR count). The molecule has 1 aromatic carbocycles. The van der Waals surface area contributed by atoms with Gasteiger partial charge in [0.1, 0.15) is 0 Å². The number of unbranched alkanes of at least 4 members (excludes halogenated alkanes) is 1. The van der Waals surface area contributed by atoms with Gasteiger partial charge in [0.25, 0.3) is 0 Å². The second-order valence-electron chi connectivity index (χ2n) is 6.43. The third kappa shape index (κ3) is 5.62. The van der Waals surface area contributed by atoms with Crippen LogP contribution in [0, 0.1) is 0 Å². The minimum absolute atomic E-state index is 0. The molecule has 5 heteroatoms. The molecule has 1 heterocycles. The molecule has 1 fully saturated rings. The lowest BCUT2D eigenvalue weighted by Gasteiger charge is -2.39. The Balaban J connectivity index is 0.00000288. The van der Waals surface area contributed by atoms with Gasteiger partial charge in [0.2, 0.25) is 0 Å². The molecule has 0 atom stereocenters. The van der Waals surface area contributed by atoms with Gasteiger partial charge in [-0.15, -0.1) is 24.0 Å². The highest BCUT2D eigenvalue weighted by atomic mass is 127. The second-order valence-corrected chi connectivity index (χ2v) is 6.43. The molecular formula is C19H32IN3O. The Morgan fingerprint density at radius 2 is 1.92 bits per heavy atom. The van der Waals surface area contributed by atoms with Gasteiger partial charge in [0.15, 0.2) is 5.96 Å². The fraction of sp³-hybridized carbons (Fsp3) is 0.632. The number of guanidine groups is 1. The summed E-state index contributed by atoms with van der Waals surface area (Å²) in [5, 5.41) is 3.61. The van der Waals surface area contributed by atoms with Crippen LogP contribution < -0.4 is 5.32 Å². The predicted octanol–water partition coefficient (Wildman–Crippen LogP) is 3.66. The summed E-state index contributed by atoms with van der Waals surface area (Å²) < 4.78 is 5.61. The van der Waals surface area contributed by atoms with Crippen LogP contribution in [0.15, 0.2) is 35.3 Å². The number of halogens is 1. The third-order valence-electron chi connectivity index (χ3n) is 4.84. The van der Waals surface area contributed by atoms with Crippen molar-refractivity contribution in [2.45, 2.75) is 38.0 Å². The highest BCUT2D eigenvalue weighted by Crippen LogP contribution is 2.34. The van der Waals surface area contributed by atoms with Crippen molar-refractivity contribution in [2.75, 3.05) is 40.4 Å². The van der Waals surface area contributed by atoms with Crippen LogP contribution in [0.2, 0.25) is 0 Å². The van der Waals surface area contributed by atoms with Crippen molar-refractivity contribution < 1.29 is 4.74 Å². The summed E-state index contributed by atoms with van der Waals surface area (Å²) in [7, 11) is 3.98. The van der Waals surface area contributed by atoms with Gasteiger partial charge >= 0.3 is 0 Å². The first-order valence-electron chi connectivity index (χ1n) is 8.77. The summed E-state index contributed by atoms with van der Waals surface area (Å²) in [5.41, 5.74) is 1.54. The van der Waals surface area contributed by atoms with Crippen LogP contribution in [0.25, 0.3) is 0 Å². The van der Waals surface area contributed by atoms with Crippen LogP contribution in [-0.2, 0) is 10.2 Å². The summed E-state index contributed by atoms with van der Waals surface area (Å²) in [6.45, 7) is 5.83. The zero-order valence-corrected chi connectivity index (χ0v) is 17.6. The topological polar surface area (TPSA) is 36.9 Å². The Bertz CT molecular complexity index is 487. The maximum Gasteiger partial charge on any atom is 0.193 e. The monoisotopic (exact) mass is 445 g/mol. The van der Waals surface area contributed by atoms with E-state index in [1.807, 2.05) is 7.05 Å². The number of nitrogens with zero attached hydrogens (tertiary/aromatic N) is 2. The van der Waals surface area contributed by atoms with Crippen LogP contribution in [0.1, 0.15) is 38.2 Å². The summed E-state index contributed by atoms with van der Waals surface area (Å²) in [5.74, 6) is 0.986. The molecule has 1 saturated heterocycles. The highest BCUT2D eigenvalue weighted by molar-refractivity contribution is 14.0. The van der Waals surface area contributed by atoms with Gasteiger partial charge in [0, 0.05) is 45.8 Å². The number of benzene rings is 1. The lowest BCUT2D eigenvalue weighted by Crippen LogP contribution is -2.48. The van der Waals surface area contributed by atoms with Crippen LogP contribution in [0.4, 0.5) is 0 Å². The molecule has 1 aliphatic rings. The van der Waals surface area contributed by atoms with Gasteiger partial charge in [-0.1, -0.05) is 43.7 Å². The molecule has 0 radical (unpaired) electrons. The van der Waals surface area contributed by atoms with E-state index in [2.05, 4.69) is 59.5 Å². The second kappa shape index (κ2) is 10.9. The molecule has 0 amide bonds. The molecule has 0 aliphatic carbocycles. The average molecular weight is 445 g/mol. The fourth-order valence-corrected chi connectivity index (χ4v) is 3.26. The smallest absolute Gasteiger partial charge is 0.193 e. The van der Waals surface area contributed by atoms with Crippen molar-refractivity contribution in [3.63, 3.8) is 0 Å². The van der Waals surface area contributed by atoms with Gasteiger partial charge in [-0.3, -0.25) is 4.99 Å². The minimum atomic E-state index is 0. The zero-order chi connectivity index (χ0) is 16.5. The van der Waals surface area contributed by atoms with E-state index in [1.54, 1.807) is 0 Å². The number of ether oxygens (including phenoxy) is 1. The average Bonchev–Trinajstić information content (AvgIpc) is 2.62. The Kier molecular flexibility index (Phi) is 9.66. The molecule has 0 spiro atoms. The molecule has 1 N–H and O–H groups in total. The Morgan fingerprint density at radius 3 is 2.50 bits per heavy atom. The maximum absolute atomic E-state index is 5.61. The van der Waals surface area contributed by atoms with E-state index in [9.17, 15) is 0 Å². The van der Waals surface area contributed by atoms with E-state index in [1.165, 1.54) is 18.4 Å². The summed E-state index contributed by atoms with van der Waals surface area (Å²) in [4.78, 5) is 6.67. The molecule has 1 aliphatic heterocycles. The van der Waals surface area contributed by atoms with Crippen LogP contribution in [0.3, 0.4) is 0 Å². The summed E-state index contributed by atoms with van der Waals surface area (Å²) >= 11 is 0. The fourth-order valence-electron chi connectivity index (χ4n) is 3.26. The van der Waals surface area contributed by atoms with E-state index in [0.29, 0.717) is 0 Å². The highest BCUT2D eigenvalue weighted by Gasteiger charge is 2.34. The molecule has 0 bridgehead atoms. The standard InChI is InChI=1S/C19H31N3O.HI/c1-4-5-13-22(3)18(20-2)21-16-19(11-14-23-15-12-19)17-9-7-6-8-10-17;/h6-10H,4-5,11-16H2,1-3H3,(H,20,21);1H. The largest absolute Gasteiger partial charge is 0.381 e. The van der Waals surface area contributed by atoms with Crippen molar-refractivity contribution in [3.05, 3.63) is 35.9 Å². The third-order valence-corrected chi connectivity index (χ3v) is 4.84. The van der Waals surface area contributed by atoms with E-state index in [4.69, 9.17) is 4.74 Å². The van der Waals surface area contributed by atoms with Gasteiger partial charge in [-0.05, 0) is 24.8 Å². The number of aliphatic imine (C=N–C) groups is 1. The number of rotatable bonds is 6. The van der Waals surface area contributed by atoms with Crippen molar-refractivity contribution in [1.29, 1.82) is 0 Å². The molecule has 136 valence electrons. The first kappa shape index (κ1) is 21.2. The molecular weight excluding hydrogens is 413 g/mol. The van der Waals surface area contributed by atoms with Crippen molar-refractivity contribution in [3.8, 4) is 0 Å². The SMILES string of the molecule is CCCCN(C)C(=NC)NCC1(c2ccccc2)CCOCC1.I. The van der Waals surface area contributed by atoms with Gasteiger partial charge in [-0.25, -0.2) is 0 Å². The molecule has 24 heavy (non-hydrogen) atoms. The Labute approximate surface area is 164 Å². The lowest BCUT2D eigenvalue weighted by atomic mass is 9.74. The molecule has 0 saturated carbocycles. The van der Waals surface area contributed by atoms with E-state index in [-0.39, 0.29) is 29.4 Å². The van der Waals surface area contributed by atoms with Crippen molar-refractivity contribution in [1.82, 2.24) is 10.2 Å². The van der Waals surface area contributed by atoms with E-state index in [0.717, 1.165) is 45.1 Å². The van der Waals surface area contributed by atoms with Crippen molar-refractivity contribution in [2.24, 2.45) is 4.99 Å². The summed E-state index contributed by atoms with van der Waals surface area (Å²) in [6.07, 6.45) is 4.50. The minimum Gasteiger partial charge on any atom is -0.381 e. The van der Waals surface area contributed by atoms with E-state index < -0.39 is 0 Å². The summed E-state index contributed by atoms with van der Waals surface area (Å²) in [6, 6.07) is 10.8. The van der Waals surface area contributed by atoms with Crippen LogP contribution in [0.5, 0.6) is 0 Å². The predicted molar refractivity (Wildman–Crippen MR) is 112 cm³/mol. The number of hydrogen-bond acceptors (Lipinski definition) is 2. The van der Waals surface area contributed by atoms with Crippen LogP contribution >= 0.6 is 24.0 Å². The molecule has 0 unspecified atom stereocenters. The number of nitrogens with one attached hydrogen (secondary N) is 1. The number of hydrogen-bond donors (Lipinski definition) is 1. The van der Waals surface area contributed by atoms with Gasteiger partial charge < -0.3 is 15.0 Å². The van der Waals surface area contributed by atoms with E-state index >= 15 is 0 Å². The molecule has 0 aromatic heterocycles. The quantitative estimate of drug-likeness (QED) is 0.413. The first-order valence-corrected chi connectivity index (χ1v) is 8.77. The molecule has 1 aromatic rings. The first-order chi connectivity index (χ1) is 11.2. The van der Waals surface area contributed by atoms with Crippen LogP contribution in [-0.4, -0.2) is 51.3 Å². The van der Waals surface area contributed by atoms with Crippen molar-refractivity contribution >= 4 is 29.9 Å². The normalized spacial score (nSPS) is 17.0. The van der Waals surface area contributed by atoms with Gasteiger partial charge in [-0.2, -0.15) is 0 Å².